The molecule has 11 rings (SSSR count). The third-order valence-corrected chi connectivity index (χ3v) is 13.1. The molecule has 1 aliphatic carbocycles. The van der Waals surface area contributed by atoms with Crippen molar-refractivity contribution >= 4 is 44.9 Å². The van der Waals surface area contributed by atoms with Crippen LogP contribution in [0.2, 0.25) is 0 Å². The number of benzene rings is 9. The maximum atomic E-state index is 6.57. The van der Waals surface area contributed by atoms with Crippen LogP contribution >= 0.6 is 0 Å². The molecule has 0 N–H and O–H groups in total. The number of furan rings is 1. The molecule has 0 atom stereocenters. The molecule has 0 radical (unpaired) electrons. The van der Waals surface area contributed by atoms with Gasteiger partial charge in [-0.15, -0.1) is 0 Å². The first-order valence-electron chi connectivity index (χ1n) is 21.5. The van der Waals surface area contributed by atoms with E-state index in [1.165, 1.54) is 61.0 Å². The summed E-state index contributed by atoms with van der Waals surface area (Å²) in [5.74, 6) is 0.882. The lowest BCUT2D eigenvalue weighted by molar-refractivity contribution is 0.629. The van der Waals surface area contributed by atoms with Crippen LogP contribution in [0, 0.1) is 6.92 Å². The minimum atomic E-state index is -0.216. The van der Waals surface area contributed by atoms with Gasteiger partial charge in [0.1, 0.15) is 11.3 Å². The van der Waals surface area contributed by atoms with Gasteiger partial charge in [0, 0.05) is 33.2 Å². The highest BCUT2D eigenvalue weighted by Gasteiger charge is 2.39. The van der Waals surface area contributed by atoms with E-state index >= 15 is 0 Å². The lowest BCUT2D eigenvalue weighted by Crippen LogP contribution is -2.21. The zero-order chi connectivity index (χ0) is 42.0. The lowest BCUT2D eigenvalue weighted by atomic mass is 9.81. The van der Waals surface area contributed by atoms with Crippen molar-refractivity contribution < 1.29 is 4.42 Å². The second kappa shape index (κ2) is 14.8. The van der Waals surface area contributed by atoms with Crippen molar-refractivity contribution in [1.29, 1.82) is 0 Å². The molecule has 1 aromatic heterocycles. The second-order valence-electron chi connectivity index (χ2n) is 16.9. The Kier molecular flexibility index (Phi) is 8.91. The summed E-state index contributed by atoms with van der Waals surface area (Å²) < 4.78 is 6.57. The van der Waals surface area contributed by atoms with Crippen molar-refractivity contribution in [2.24, 2.45) is 0 Å². The molecular formula is C60H45NO. The number of rotatable bonds is 8. The Morgan fingerprint density at radius 2 is 1.06 bits per heavy atom. The molecule has 0 bridgehead atoms. The topological polar surface area (TPSA) is 16.4 Å². The van der Waals surface area contributed by atoms with Crippen LogP contribution in [0.25, 0.3) is 83.6 Å². The number of anilines is 3. The van der Waals surface area contributed by atoms with Crippen LogP contribution in [0.15, 0.2) is 211 Å². The van der Waals surface area contributed by atoms with Gasteiger partial charge in [-0.3, -0.25) is 0 Å². The predicted molar refractivity (Wildman–Crippen MR) is 263 cm³/mol. The van der Waals surface area contributed by atoms with Crippen molar-refractivity contribution in [2.75, 3.05) is 4.90 Å². The van der Waals surface area contributed by atoms with Crippen LogP contribution in [0.3, 0.4) is 0 Å². The first kappa shape index (κ1) is 37.3. The van der Waals surface area contributed by atoms with Crippen LogP contribution in [0.4, 0.5) is 17.1 Å². The molecule has 296 valence electrons. The third kappa shape index (κ3) is 6.02. The Bertz CT molecular complexity index is 3340. The third-order valence-electron chi connectivity index (χ3n) is 13.1. The number of aryl methyl sites for hydroxylation is 1. The van der Waals surface area contributed by atoms with Gasteiger partial charge in [-0.25, -0.2) is 0 Å². The highest BCUT2D eigenvalue weighted by molar-refractivity contribution is 5.99. The highest BCUT2D eigenvalue weighted by atomic mass is 16.3. The molecule has 0 unspecified atom stereocenters. The van der Waals surface area contributed by atoms with Crippen molar-refractivity contribution in [3.8, 4) is 55.8 Å². The summed E-state index contributed by atoms with van der Waals surface area (Å²) in [6.07, 6.45) is 1.90. The highest BCUT2D eigenvalue weighted by Crippen LogP contribution is 2.55. The smallest absolute Gasteiger partial charge is 0.138 e. The molecule has 0 aliphatic heterocycles. The normalized spacial score (nSPS) is 12.6. The number of para-hydroxylation sites is 1. The summed E-state index contributed by atoms with van der Waals surface area (Å²) in [4.78, 5) is 2.48. The van der Waals surface area contributed by atoms with Gasteiger partial charge < -0.3 is 9.32 Å². The van der Waals surface area contributed by atoms with Crippen molar-refractivity contribution in [3.05, 3.63) is 229 Å². The van der Waals surface area contributed by atoms with Crippen LogP contribution in [-0.4, -0.2) is 0 Å². The molecule has 10 aromatic rings. The molecule has 0 spiro atoms. The minimum Gasteiger partial charge on any atom is -0.456 e. The van der Waals surface area contributed by atoms with Gasteiger partial charge >= 0.3 is 0 Å². The molecule has 0 saturated carbocycles. The fraction of sp³-hybridized carbons (Fsp3) is 0.0667. The molecule has 0 amide bonds. The maximum absolute atomic E-state index is 6.57. The van der Waals surface area contributed by atoms with E-state index in [0.717, 1.165) is 55.9 Å². The SMILES string of the molecule is C=Cc1ccccc1-c1oc2ccc(-c3ccccc3N(c3ccc(-c4ccc(-c5cccc6ccccc56)cc4)cc3)c3cccc4c3C(C)(C)c3ccccc3-4)cc2c1C. The standard InChI is InChI=1S/C60H45NO/c1-5-40-16-6-9-21-50(40)59-39(2)53-38-45(34-37-57(53)62-59)49-20-11-13-26-55(49)61(56-27-15-24-52-51-22-10-12-25-54(51)60(3,4)58(52)56)46-35-32-42(33-36-46)41-28-30-44(31-29-41)48-23-14-18-43-17-7-8-19-47(43)48/h5-38H,1H2,2-4H3. The lowest BCUT2D eigenvalue weighted by Gasteiger charge is -2.33. The van der Waals surface area contributed by atoms with Gasteiger partial charge in [0.05, 0.1) is 11.4 Å². The molecule has 2 nitrogen and oxygen atoms in total. The largest absolute Gasteiger partial charge is 0.456 e. The Balaban J connectivity index is 1.04. The zero-order valence-electron chi connectivity index (χ0n) is 35.2. The van der Waals surface area contributed by atoms with Gasteiger partial charge in [0.25, 0.3) is 0 Å². The van der Waals surface area contributed by atoms with E-state index in [-0.39, 0.29) is 5.41 Å². The minimum absolute atomic E-state index is 0.216. The van der Waals surface area contributed by atoms with E-state index in [9.17, 15) is 0 Å². The van der Waals surface area contributed by atoms with Gasteiger partial charge in [0.2, 0.25) is 0 Å². The van der Waals surface area contributed by atoms with Crippen LogP contribution in [-0.2, 0) is 5.41 Å². The monoisotopic (exact) mass is 795 g/mol. The Labute approximate surface area is 363 Å². The number of hydrogen-bond acceptors (Lipinski definition) is 2. The first-order valence-corrected chi connectivity index (χ1v) is 21.5. The number of hydrogen-bond donors (Lipinski definition) is 0. The Morgan fingerprint density at radius 3 is 1.87 bits per heavy atom. The molecule has 9 aromatic carbocycles. The van der Waals surface area contributed by atoms with E-state index < -0.39 is 0 Å². The molecule has 2 heteroatoms. The van der Waals surface area contributed by atoms with E-state index in [1.807, 2.05) is 12.1 Å². The molecular weight excluding hydrogens is 751 g/mol. The molecule has 1 aliphatic rings. The molecule has 0 fully saturated rings. The van der Waals surface area contributed by atoms with Gasteiger partial charge in [0.15, 0.2) is 0 Å². The van der Waals surface area contributed by atoms with E-state index in [2.05, 4.69) is 226 Å². The predicted octanol–water partition coefficient (Wildman–Crippen LogP) is 17.0. The Morgan fingerprint density at radius 1 is 0.484 bits per heavy atom. The van der Waals surface area contributed by atoms with Gasteiger partial charge in [-0.1, -0.05) is 190 Å². The summed E-state index contributed by atoms with van der Waals surface area (Å²) in [5, 5.41) is 3.62. The fourth-order valence-corrected chi connectivity index (χ4v) is 9.98. The van der Waals surface area contributed by atoms with Crippen molar-refractivity contribution in [3.63, 3.8) is 0 Å². The van der Waals surface area contributed by atoms with Crippen molar-refractivity contribution in [2.45, 2.75) is 26.2 Å². The van der Waals surface area contributed by atoms with E-state index in [0.29, 0.717) is 0 Å². The summed E-state index contributed by atoms with van der Waals surface area (Å²) in [5.41, 5.74) is 19.6. The summed E-state index contributed by atoms with van der Waals surface area (Å²) in [6, 6.07) is 72.7. The molecule has 0 saturated heterocycles. The summed E-state index contributed by atoms with van der Waals surface area (Å²) in [7, 11) is 0. The fourth-order valence-electron chi connectivity index (χ4n) is 9.98. The number of nitrogens with zero attached hydrogens (tertiary/aromatic N) is 1. The molecule has 62 heavy (non-hydrogen) atoms. The summed E-state index contributed by atoms with van der Waals surface area (Å²) in [6.45, 7) is 11.0. The van der Waals surface area contributed by atoms with E-state index in [1.54, 1.807) is 0 Å². The van der Waals surface area contributed by atoms with Gasteiger partial charge in [-0.2, -0.15) is 0 Å². The second-order valence-corrected chi connectivity index (χ2v) is 16.9. The number of fused-ring (bicyclic) bond motifs is 5. The Hall–Kier alpha value is -7.68. The van der Waals surface area contributed by atoms with Crippen LogP contribution in [0.5, 0.6) is 0 Å². The average molecular weight is 796 g/mol. The van der Waals surface area contributed by atoms with E-state index in [4.69, 9.17) is 4.42 Å². The van der Waals surface area contributed by atoms with Gasteiger partial charge in [-0.05, 0) is 110 Å². The summed E-state index contributed by atoms with van der Waals surface area (Å²) >= 11 is 0. The molecule has 1 heterocycles. The van der Waals surface area contributed by atoms with Crippen LogP contribution < -0.4 is 4.90 Å². The first-order chi connectivity index (χ1) is 30.4. The maximum Gasteiger partial charge on any atom is 0.138 e. The zero-order valence-corrected chi connectivity index (χ0v) is 35.2. The van der Waals surface area contributed by atoms with Crippen LogP contribution in [0.1, 0.15) is 36.1 Å². The average Bonchev–Trinajstić information content (AvgIpc) is 3.78. The van der Waals surface area contributed by atoms with Crippen molar-refractivity contribution in [1.82, 2.24) is 0 Å². The quantitative estimate of drug-likeness (QED) is 0.152.